The van der Waals surface area contributed by atoms with Crippen LogP contribution in [0.1, 0.15) is 13.3 Å². The molecule has 0 aromatic carbocycles. The number of rotatable bonds is 2. The van der Waals surface area contributed by atoms with E-state index in [1.54, 1.807) is 18.0 Å². The molecule has 7 heteroatoms. The average Bonchev–Trinajstić information content (AvgIpc) is 2.71. The van der Waals surface area contributed by atoms with E-state index in [9.17, 15) is 4.79 Å². The fourth-order valence-electron chi connectivity index (χ4n) is 1.68. The van der Waals surface area contributed by atoms with Crippen LogP contribution in [0.3, 0.4) is 0 Å². The summed E-state index contributed by atoms with van der Waals surface area (Å²) < 4.78 is 6.36. The van der Waals surface area contributed by atoms with E-state index in [2.05, 4.69) is 9.97 Å². The molecule has 92 valence electrons. The summed E-state index contributed by atoms with van der Waals surface area (Å²) >= 11 is 7.96. The first-order valence-electron chi connectivity index (χ1n) is 5.16. The molecule has 1 atom stereocenters. The maximum Gasteiger partial charge on any atom is 0.252 e. The van der Waals surface area contributed by atoms with E-state index in [1.807, 2.05) is 22.6 Å². The number of ether oxygens (including phenoxy) is 1. The normalized spacial score (nSPS) is 19.5. The van der Waals surface area contributed by atoms with Crippen LogP contribution in [0.15, 0.2) is 6.20 Å². The fourth-order valence-corrected chi connectivity index (χ4v) is 2.39. The molecule has 0 N–H and O–H groups in total. The first kappa shape index (κ1) is 12.8. The standard InChI is InChI=1S/C10H11ClIN3O2/c1-6(16)15-3-2-7(5-15)17-10-9(11)14-8(12)4-13-10/h4,7H,2-3,5H2,1H3. The lowest BCUT2D eigenvalue weighted by Gasteiger charge is -2.15. The second-order valence-electron chi connectivity index (χ2n) is 3.78. The molecule has 17 heavy (non-hydrogen) atoms. The lowest BCUT2D eigenvalue weighted by Crippen LogP contribution is -2.28. The number of hydrogen-bond acceptors (Lipinski definition) is 4. The summed E-state index contributed by atoms with van der Waals surface area (Å²) in [5.41, 5.74) is 0. The first-order valence-corrected chi connectivity index (χ1v) is 6.62. The van der Waals surface area contributed by atoms with Crippen molar-refractivity contribution in [1.29, 1.82) is 0 Å². The van der Waals surface area contributed by atoms with Gasteiger partial charge in [-0.15, -0.1) is 0 Å². The van der Waals surface area contributed by atoms with Crippen molar-refractivity contribution < 1.29 is 9.53 Å². The molecule has 1 fully saturated rings. The quantitative estimate of drug-likeness (QED) is 0.747. The number of carbonyl (C=O) groups is 1. The molecule has 0 saturated carbocycles. The Kier molecular flexibility index (Phi) is 4.03. The van der Waals surface area contributed by atoms with Crippen molar-refractivity contribution >= 4 is 40.1 Å². The van der Waals surface area contributed by atoms with E-state index in [-0.39, 0.29) is 17.2 Å². The Morgan fingerprint density at radius 2 is 2.47 bits per heavy atom. The predicted molar refractivity (Wildman–Crippen MR) is 71.0 cm³/mol. The molecule has 1 unspecified atom stereocenters. The molecule has 1 aliphatic rings. The first-order chi connectivity index (χ1) is 8.06. The van der Waals surface area contributed by atoms with Gasteiger partial charge in [0.25, 0.3) is 5.88 Å². The maximum absolute atomic E-state index is 11.2. The number of carbonyl (C=O) groups excluding carboxylic acids is 1. The summed E-state index contributed by atoms with van der Waals surface area (Å²) in [7, 11) is 0. The number of likely N-dealkylation sites (tertiary alicyclic amines) is 1. The van der Waals surface area contributed by atoms with Gasteiger partial charge in [0.15, 0.2) is 5.15 Å². The smallest absolute Gasteiger partial charge is 0.252 e. The highest BCUT2D eigenvalue weighted by atomic mass is 127. The summed E-state index contributed by atoms with van der Waals surface area (Å²) in [5, 5.41) is 0.262. The van der Waals surface area contributed by atoms with Crippen molar-refractivity contribution in [2.45, 2.75) is 19.4 Å². The van der Waals surface area contributed by atoms with Gasteiger partial charge < -0.3 is 9.64 Å². The zero-order valence-electron chi connectivity index (χ0n) is 9.19. The van der Waals surface area contributed by atoms with E-state index in [0.717, 1.165) is 16.7 Å². The molecule has 0 radical (unpaired) electrons. The monoisotopic (exact) mass is 367 g/mol. The molecule has 1 aromatic rings. The summed E-state index contributed by atoms with van der Waals surface area (Å²) in [6.45, 7) is 2.86. The number of aromatic nitrogens is 2. The van der Waals surface area contributed by atoms with Crippen molar-refractivity contribution in [3.8, 4) is 5.88 Å². The molecule has 0 spiro atoms. The van der Waals surface area contributed by atoms with E-state index in [0.29, 0.717) is 12.4 Å². The lowest BCUT2D eigenvalue weighted by atomic mass is 10.3. The molecule has 1 aromatic heterocycles. The van der Waals surface area contributed by atoms with Crippen LogP contribution in [-0.4, -0.2) is 40.0 Å². The highest BCUT2D eigenvalue weighted by Gasteiger charge is 2.26. The van der Waals surface area contributed by atoms with Crippen molar-refractivity contribution in [3.63, 3.8) is 0 Å². The predicted octanol–water partition coefficient (Wildman–Crippen LogP) is 1.73. The van der Waals surface area contributed by atoms with Crippen molar-refractivity contribution in [2.24, 2.45) is 0 Å². The second kappa shape index (κ2) is 5.34. The third-order valence-corrected chi connectivity index (χ3v) is 3.30. The lowest BCUT2D eigenvalue weighted by molar-refractivity contribution is -0.128. The molecule has 0 bridgehead atoms. The van der Waals surface area contributed by atoms with Crippen LogP contribution in [0, 0.1) is 3.70 Å². The van der Waals surface area contributed by atoms with E-state index >= 15 is 0 Å². The van der Waals surface area contributed by atoms with Gasteiger partial charge in [-0.25, -0.2) is 9.97 Å². The molecule has 2 rings (SSSR count). The fraction of sp³-hybridized carbons (Fsp3) is 0.500. The van der Waals surface area contributed by atoms with E-state index < -0.39 is 0 Å². The Labute approximate surface area is 118 Å². The van der Waals surface area contributed by atoms with Crippen molar-refractivity contribution in [3.05, 3.63) is 15.1 Å². The highest BCUT2D eigenvalue weighted by molar-refractivity contribution is 14.1. The van der Waals surface area contributed by atoms with E-state index in [4.69, 9.17) is 16.3 Å². The Morgan fingerprint density at radius 3 is 3.06 bits per heavy atom. The molecule has 2 heterocycles. The SMILES string of the molecule is CC(=O)N1CCC(Oc2ncc(I)nc2Cl)C1. The van der Waals surface area contributed by atoms with Gasteiger partial charge in [0, 0.05) is 19.9 Å². The minimum absolute atomic E-state index is 0.0502. The van der Waals surface area contributed by atoms with Gasteiger partial charge in [-0.1, -0.05) is 11.6 Å². The molecule has 1 aliphatic heterocycles. The zero-order valence-corrected chi connectivity index (χ0v) is 12.1. The number of amides is 1. The van der Waals surface area contributed by atoms with Crippen LogP contribution in [0.5, 0.6) is 5.88 Å². The van der Waals surface area contributed by atoms with Crippen molar-refractivity contribution in [1.82, 2.24) is 14.9 Å². The van der Waals surface area contributed by atoms with Gasteiger partial charge in [0.05, 0.1) is 12.7 Å². The summed E-state index contributed by atoms with van der Waals surface area (Å²) in [4.78, 5) is 21.1. The number of hydrogen-bond donors (Lipinski definition) is 0. The molecule has 0 aliphatic carbocycles. The van der Waals surface area contributed by atoms with Crippen LogP contribution < -0.4 is 4.74 Å². The number of nitrogens with zero attached hydrogens (tertiary/aromatic N) is 3. The molecule has 1 saturated heterocycles. The van der Waals surface area contributed by atoms with Gasteiger partial charge in [-0.3, -0.25) is 4.79 Å². The van der Waals surface area contributed by atoms with Gasteiger partial charge in [0.2, 0.25) is 5.91 Å². The van der Waals surface area contributed by atoms with Crippen LogP contribution in [0.25, 0.3) is 0 Å². The van der Waals surface area contributed by atoms with Crippen LogP contribution in [-0.2, 0) is 4.79 Å². The van der Waals surface area contributed by atoms with Crippen LogP contribution >= 0.6 is 34.2 Å². The molecular formula is C10H11ClIN3O2. The minimum Gasteiger partial charge on any atom is -0.470 e. The van der Waals surface area contributed by atoms with Crippen LogP contribution in [0.2, 0.25) is 5.15 Å². The maximum atomic E-state index is 11.2. The number of halogens is 2. The van der Waals surface area contributed by atoms with Gasteiger partial charge >= 0.3 is 0 Å². The highest BCUT2D eigenvalue weighted by Crippen LogP contribution is 2.23. The van der Waals surface area contributed by atoms with Gasteiger partial charge in [0.1, 0.15) is 9.80 Å². The Morgan fingerprint density at radius 1 is 1.71 bits per heavy atom. The zero-order chi connectivity index (χ0) is 12.4. The van der Waals surface area contributed by atoms with Crippen LogP contribution in [0.4, 0.5) is 0 Å². The summed E-state index contributed by atoms with van der Waals surface area (Å²) in [6.07, 6.45) is 2.34. The average molecular weight is 368 g/mol. The van der Waals surface area contributed by atoms with Gasteiger partial charge in [-0.05, 0) is 22.6 Å². The minimum atomic E-state index is -0.0502. The van der Waals surface area contributed by atoms with Gasteiger partial charge in [-0.2, -0.15) is 0 Å². The van der Waals surface area contributed by atoms with Crippen molar-refractivity contribution in [2.75, 3.05) is 13.1 Å². The molecule has 1 amide bonds. The third kappa shape index (κ3) is 3.19. The molecule has 5 nitrogen and oxygen atoms in total. The summed E-state index contributed by atoms with van der Waals surface area (Å²) in [5.74, 6) is 0.401. The molecular weight excluding hydrogens is 356 g/mol. The third-order valence-electron chi connectivity index (χ3n) is 2.54. The topological polar surface area (TPSA) is 55.3 Å². The summed E-state index contributed by atoms with van der Waals surface area (Å²) in [6, 6.07) is 0. The Bertz CT molecular complexity index is 444. The Balaban J connectivity index is 2.00. The second-order valence-corrected chi connectivity index (χ2v) is 5.25. The van der Waals surface area contributed by atoms with E-state index in [1.165, 1.54) is 0 Å². The largest absolute Gasteiger partial charge is 0.470 e. The Hall–Kier alpha value is -0.630.